The molecular formula is C24H21BrClN3O5. The first-order valence-corrected chi connectivity index (χ1v) is 11.1. The molecule has 0 aromatic heterocycles. The van der Waals surface area contributed by atoms with Crippen LogP contribution in [0.3, 0.4) is 0 Å². The van der Waals surface area contributed by atoms with Crippen LogP contribution in [0.15, 0.2) is 70.2 Å². The van der Waals surface area contributed by atoms with Gasteiger partial charge in [-0.2, -0.15) is 5.10 Å². The van der Waals surface area contributed by atoms with Gasteiger partial charge in [-0.25, -0.2) is 5.43 Å². The van der Waals surface area contributed by atoms with Crippen molar-refractivity contribution in [1.29, 1.82) is 0 Å². The van der Waals surface area contributed by atoms with Gasteiger partial charge in [-0.05, 0) is 64.0 Å². The molecule has 8 nitrogen and oxygen atoms in total. The Balaban J connectivity index is 1.61. The fourth-order valence-corrected chi connectivity index (χ4v) is 3.56. The number of rotatable bonds is 8. The SMILES string of the molecule is COc1ccc(NC(=O)C(=O)N/N=C/c2cc(Br)c(OCc3ccccc3Cl)c(OC)c2)cc1. The van der Waals surface area contributed by atoms with E-state index < -0.39 is 11.8 Å². The van der Waals surface area contributed by atoms with Crippen molar-refractivity contribution in [3.05, 3.63) is 81.3 Å². The Labute approximate surface area is 210 Å². The highest BCUT2D eigenvalue weighted by molar-refractivity contribution is 9.10. The van der Waals surface area contributed by atoms with Crippen LogP contribution in [0.1, 0.15) is 11.1 Å². The number of benzene rings is 3. The van der Waals surface area contributed by atoms with Crippen molar-refractivity contribution in [3.63, 3.8) is 0 Å². The molecule has 0 saturated carbocycles. The summed E-state index contributed by atoms with van der Waals surface area (Å²) >= 11 is 9.65. The summed E-state index contributed by atoms with van der Waals surface area (Å²) in [7, 11) is 3.05. The molecule has 176 valence electrons. The lowest BCUT2D eigenvalue weighted by atomic mass is 10.2. The molecule has 0 unspecified atom stereocenters. The summed E-state index contributed by atoms with van der Waals surface area (Å²) in [4.78, 5) is 24.1. The summed E-state index contributed by atoms with van der Waals surface area (Å²) in [5, 5.41) is 6.92. The molecular weight excluding hydrogens is 526 g/mol. The third-order valence-corrected chi connectivity index (χ3v) is 5.47. The molecule has 0 radical (unpaired) electrons. The van der Waals surface area contributed by atoms with Crippen molar-refractivity contribution in [1.82, 2.24) is 5.43 Å². The number of carbonyl (C=O) groups is 2. The van der Waals surface area contributed by atoms with Crippen LogP contribution in [0.5, 0.6) is 17.2 Å². The zero-order valence-electron chi connectivity index (χ0n) is 18.3. The smallest absolute Gasteiger partial charge is 0.329 e. The minimum Gasteiger partial charge on any atom is -0.497 e. The zero-order chi connectivity index (χ0) is 24.5. The molecule has 2 N–H and O–H groups in total. The van der Waals surface area contributed by atoms with Gasteiger partial charge in [0.25, 0.3) is 0 Å². The standard InChI is InChI=1S/C24H21BrClN3O5/c1-32-18-9-7-17(8-10-18)28-23(30)24(31)29-27-13-15-11-19(25)22(21(12-15)33-2)34-14-16-5-3-4-6-20(16)26/h3-13H,14H2,1-2H3,(H,28,30)(H,29,31)/b27-13+. The third-order valence-electron chi connectivity index (χ3n) is 4.52. The summed E-state index contributed by atoms with van der Waals surface area (Å²) < 4.78 is 17.0. The molecule has 3 aromatic rings. The largest absolute Gasteiger partial charge is 0.497 e. The number of nitrogens with one attached hydrogen (secondary N) is 2. The molecule has 0 spiro atoms. The number of anilines is 1. The topological polar surface area (TPSA) is 98.2 Å². The number of methoxy groups -OCH3 is 2. The molecule has 3 aromatic carbocycles. The molecule has 3 rings (SSSR count). The molecule has 0 aliphatic rings. The van der Waals surface area contributed by atoms with Gasteiger partial charge < -0.3 is 19.5 Å². The van der Waals surface area contributed by atoms with E-state index >= 15 is 0 Å². The summed E-state index contributed by atoms with van der Waals surface area (Å²) in [6, 6.07) is 17.4. The quantitative estimate of drug-likeness (QED) is 0.241. The lowest BCUT2D eigenvalue weighted by molar-refractivity contribution is -0.136. The summed E-state index contributed by atoms with van der Waals surface area (Å²) in [6.07, 6.45) is 1.38. The predicted molar refractivity (Wildman–Crippen MR) is 134 cm³/mol. The number of amides is 2. The Morgan fingerprint density at radius 2 is 1.76 bits per heavy atom. The highest BCUT2D eigenvalue weighted by Crippen LogP contribution is 2.37. The average molecular weight is 547 g/mol. The summed E-state index contributed by atoms with van der Waals surface area (Å²) in [5.74, 6) is -0.204. The van der Waals surface area contributed by atoms with E-state index in [1.54, 1.807) is 42.5 Å². The number of ether oxygens (including phenoxy) is 3. The van der Waals surface area contributed by atoms with Gasteiger partial charge in [0, 0.05) is 16.3 Å². The highest BCUT2D eigenvalue weighted by atomic mass is 79.9. The average Bonchev–Trinajstić information content (AvgIpc) is 2.84. The van der Waals surface area contributed by atoms with E-state index in [9.17, 15) is 9.59 Å². The van der Waals surface area contributed by atoms with Crippen molar-refractivity contribution < 1.29 is 23.8 Å². The molecule has 0 atom stereocenters. The van der Waals surface area contributed by atoms with Gasteiger partial charge in [0.2, 0.25) is 0 Å². The molecule has 0 bridgehead atoms. The molecule has 0 aliphatic carbocycles. The summed E-state index contributed by atoms with van der Waals surface area (Å²) in [5.41, 5.74) is 4.07. The van der Waals surface area contributed by atoms with E-state index in [0.717, 1.165) is 5.56 Å². The fraction of sp³-hybridized carbons (Fsp3) is 0.125. The van der Waals surface area contributed by atoms with Crippen LogP contribution in [0, 0.1) is 0 Å². The lowest BCUT2D eigenvalue weighted by Gasteiger charge is -2.14. The van der Waals surface area contributed by atoms with E-state index in [0.29, 0.717) is 38.0 Å². The van der Waals surface area contributed by atoms with Crippen molar-refractivity contribution in [2.45, 2.75) is 6.61 Å². The van der Waals surface area contributed by atoms with Gasteiger partial charge in [0.05, 0.1) is 24.9 Å². The number of hydrogen-bond acceptors (Lipinski definition) is 6. The molecule has 0 heterocycles. The van der Waals surface area contributed by atoms with E-state index in [1.807, 2.05) is 18.2 Å². The van der Waals surface area contributed by atoms with Gasteiger partial charge in [-0.15, -0.1) is 0 Å². The van der Waals surface area contributed by atoms with Crippen LogP contribution < -0.4 is 25.0 Å². The number of halogens is 2. The Kier molecular flexibility index (Phi) is 8.89. The van der Waals surface area contributed by atoms with Crippen molar-refractivity contribution >= 4 is 51.2 Å². The maximum absolute atomic E-state index is 12.0. The minimum absolute atomic E-state index is 0.251. The molecule has 0 aliphatic heterocycles. The molecule has 34 heavy (non-hydrogen) atoms. The van der Waals surface area contributed by atoms with Crippen LogP contribution in [0.2, 0.25) is 5.02 Å². The molecule has 0 fully saturated rings. The molecule has 10 heteroatoms. The van der Waals surface area contributed by atoms with E-state index in [4.69, 9.17) is 25.8 Å². The summed E-state index contributed by atoms with van der Waals surface area (Å²) in [6.45, 7) is 0.251. The predicted octanol–water partition coefficient (Wildman–Crippen LogP) is 4.79. The van der Waals surface area contributed by atoms with E-state index in [-0.39, 0.29) is 6.61 Å². The minimum atomic E-state index is -0.919. The van der Waals surface area contributed by atoms with Crippen LogP contribution in [0.25, 0.3) is 0 Å². The zero-order valence-corrected chi connectivity index (χ0v) is 20.6. The Morgan fingerprint density at radius 3 is 2.44 bits per heavy atom. The first-order valence-electron chi connectivity index (χ1n) is 9.93. The van der Waals surface area contributed by atoms with Gasteiger partial charge in [-0.3, -0.25) is 9.59 Å². The van der Waals surface area contributed by atoms with Crippen molar-refractivity contribution in [2.75, 3.05) is 19.5 Å². The maximum Gasteiger partial charge on any atom is 0.329 e. The van der Waals surface area contributed by atoms with Crippen molar-refractivity contribution in [2.24, 2.45) is 5.10 Å². The highest BCUT2D eigenvalue weighted by Gasteiger charge is 2.14. The maximum atomic E-state index is 12.0. The first kappa shape index (κ1) is 25.1. The van der Waals surface area contributed by atoms with Crippen molar-refractivity contribution in [3.8, 4) is 17.2 Å². The monoisotopic (exact) mass is 545 g/mol. The second kappa shape index (κ2) is 12.1. The third kappa shape index (κ3) is 6.72. The fourth-order valence-electron chi connectivity index (χ4n) is 2.80. The number of hydrazone groups is 1. The van der Waals surface area contributed by atoms with E-state index in [1.165, 1.54) is 20.4 Å². The normalized spacial score (nSPS) is 10.6. The van der Waals surface area contributed by atoms with E-state index in [2.05, 4.69) is 31.8 Å². The van der Waals surface area contributed by atoms with Gasteiger partial charge in [0.15, 0.2) is 11.5 Å². The van der Waals surface area contributed by atoms with Gasteiger partial charge >= 0.3 is 11.8 Å². The molecule has 0 saturated heterocycles. The number of carbonyl (C=O) groups excluding carboxylic acids is 2. The molecule has 2 amide bonds. The van der Waals surface area contributed by atoms with Gasteiger partial charge in [0.1, 0.15) is 12.4 Å². The second-order valence-electron chi connectivity index (χ2n) is 6.80. The van der Waals surface area contributed by atoms with Crippen LogP contribution >= 0.6 is 27.5 Å². The number of nitrogens with zero attached hydrogens (tertiary/aromatic N) is 1. The lowest BCUT2D eigenvalue weighted by Crippen LogP contribution is -2.32. The second-order valence-corrected chi connectivity index (χ2v) is 8.06. The Bertz CT molecular complexity index is 1200. The van der Waals surface area contributed by atoms with Gasteiger partial charge in [-0.1, -0.05) is 29.8 Å². The number of hydrogen-bond donors (Lipinski definition) is 2. The first-order chi connectivity index (χ1) is 16.4. The van der Waals surface area contributed by atoms with Crippen LogP contribution in [0.4, 0.5) is 5.69 Å². The van der Waals surface area contributed by atoms with Crippen LogP contribution in [-0.4, -0.2) is 32.2 Å². The Morgan fingerprint density at radius 1 is 1.03 bits per heavy atom. The Hall–Kier alpha value is -3.56. The van der Waals surface area contributed by atoms with Crippen LogP contribution in [-0.2, 0) is 16.2 Å².